The van der Waals surface area contributed by atoms with E-state index in [1.807, 2.05) is 24.3 Å². The zero-order valence-corrected chi connectivity index (χ0v) is 17.7. The van der Waals surface area contributed by atoms with Crippen molar-refractivity contribution in [3.05, 3.63) is 96.4 Å². The van der Waals surface area contributed by atoms with Crippen LogP contribution in [0.3, 0.4) is 0 Å². The van der Waals surface area contributed by atoms with Crippen LogP contribution in [0.1, 0.15) is 36.6 Å². The van der Waals surface area contributed by atoms with Gasteiger partial charge in [-0.25, -0.2) is 4.39 Å². The van der Waals surface area contributed by atoms with Crippen molar-refractivity contribution >= 4 is 22.4 Å². The van der Waals surface area contributed by atoms with Crippen molar-refractivity contribution in [2.45, 2.75) is 26.2 Å². The number of nitrogens with zero attached hydrogens (tertiary/aromatic N) is 3. The number of benzene rings is 2. The van der Waals surface area contributed by atoms with Gasteiger partial charge in [-0.1, -0.05) is 48.9 Å². The summed E-state index contributed by atoms with van der Waals surface area (Å²) in [7, 11) is 0. The van der Waals surface area contributed by atoms with E-state index in [-0.39, 0.29) is 28.5 Å². The lowest BCUT2D eigenvalue weighted by atomic mass is 10.1. The lowest BCUT2D eigenvalue weighted by molar-refractivity contribution is 0.309. The van der Waals surface area contributed by atoms with Crippen LogP contribution < -0.4 is 20.4 Å². The molecular weight excluding hydrogens is 417 g/mol. The lowest BCUT2D eigenvalue weighted by Crippen LogP contribution is -2.28. The number of ether oxygens (including phenoxy) is 1. The number of aromatic nitrogens is 3. The van der Waals surface area contributed by atoms with Crippen molar-refractivity contribution in [2.24, 2.45) is 0 Å². The second-order valence-electron chi connectivity index (χ2n) is 7.05. The van der Waals surface area contributed by atoms with Gasteiger partial charge in [0.05, 0.1) is 11.1 Å². The third-order valence-corrected chi connectivity index (χ3v) is 5.64. The molecule has 6 nitrogen and oxygen atoms in total. The molecule has 158 valence electrons. The first kappa shape index (κ1) is 20.9. The first-order valence-electron chi connectivity index (χ1n) is 9.95. The van der Waals surface area contributed by atoms with Gasteiger partial charge in [0.1, 0.15) is 17.3 Å². The molecule has 4 rings (SSSR count). The Morgan fingerprint density at radius 2 is 1.84 bits per heavy atom. The molecule has 0 aliphatic rings. The van der Waals surface area contributed by atoms with E-state index in [0.29, 0.717) is 16.7 Å². The SMILES string of the molecule is CCCCOc1ccc(C=c2sc3nc(=O)c(Cc4ccc(F)cc4)nn3c2=O)cc1. The van der Waals surface area contributed by atoms with Crippen molar-refractivity contribution in [1.29, 1.82) is 0 Å². The summed E-state index contributed by atoms with van der Waals surface area (Å²) in [6.45, 7) is 2.78. The number of halogens is 1. The van der Waals surface area contributed by atoms with Crippen LogP contribution >= 0.6 is 11.3 Å². The molecule has 0 bridgehead atoms. The Morgan fingerprint density at radius 3 is 2.55 bits per heavy atom. The van der Waals surface area contributed by atoms with Crippen molar-refractivity contribution in [3.63, 3.8) is 0 Å². The molecule has 0 saturated heterocycles. The Morgan fingerprint density at radius 1 is 1.10 bits per heavy atom. The summed E-state index contributed by atoms with van der Waals surface area (Å²) in [6, 6.07) is 13.2. The minimum absolute atomic E-state index is 0.138. The molecule has 0 spiro atoms. The highest BCUT2D eigenvalue weighted by molar-refractivity contribution is 7.15. The quantitative estimate of drug-likeness (QED) is 0.416. The molecule has 2 aromatic heterocycles. The van der Waals surface area contributed by atoms with Gasteiger partial charge in [0.2, 0.25) is 4.96 Å². The van der Waals surface area contributed by atoms with E-state index in [1.54, 1.807) is 18.2 Å². The second-order valence-corrected chi connectivity index (χ2v) is 8.06. The Hall–Kier alpha value is -3.39. The molecule has 0 unspecified atom stereocenters. The number of hydrogen-bond acceptors (Lipinski definition) is 6. The van der Waals surface area contributed by atoms with Gasteiger partial charge < -0.3 is 4.74 Å². The maximum atomic E-state index is 13.1. The van der Waals surface area contributed by atoms with E-state index in [0.717, 1.165) is 40.0 Å². The molecule has 0 N–H and O–H groups in total. The molecule has 31 heavy (non-hydrogen) atoms. The summed E-state index contributed by atoms with van der Waals surface area (Å²) in [5, 5.41) is 4.22. The van der Waals surface area contributed by atoms with E-state index in [1.165, 1.54) is 12.1 Å². The third-order valence-electron chi connectivity index (χ3n) is 4.68. The molecule has 0 fully saturated rings. The zero-order valence-electron chi connectivity index (χ0n) is 16.9. The van der Waals surface area contributed by atoms with Gasteiger partial charge in [-0.2, -0.15) is 14.6 Å². The van der Waals surface area contributed by atoms with Crippen LogP contribution in [0, 0.1) is 5.82 Å². The molecule has 0 atom stereocenters. The van der Waals surface area contributed by atoms with Crippen molar-refractivity contribution < 1.29 is 9.13 Å². The molecule has 2 aromatic carbocycles. The van der Waals surface area contributed by atoms with Gasteiger partial charge >= 0.3 is 0 Å². The molecule has 4 aromatic rings. The fourth-order valence-corrected chi connectivity index (χ4v) is 3.90. The fraction of sp³-hybridized carbons (Fsp3) is 0.217. The Bertz CT molecular complexity index is 1360. The molecular formula is C23H20FN3O3S. The van der Waals surface area contributed by atoms with Crippen molar-refractivity contribution in [2.75, 3.05) is 6.61 Å². The topological polar surface area (TPSA) is 73.6 Å². The number of unbranched alkanes of at least 4 members (excludes halogenated alkanes) is 1. The minimum atomic E-state index is -0.495. The lowest BCUT2D eigenvalue weighted by Gasteiger charge is -2.04. The predicted molar refractivity (Wildman–Crippen MR) is 118 cm³/mol. The maximum Gasteiger partial charge on any atom is 0.296 e. The number of fused-ring (bicyclic) bond motifs is 1. The van der Waals surface area contributed by atoms with Crippen LogP contribution in [0.4, 0.5) is 4.39 Å². The van der Waals surface area contributed by atoms with E-state index >= 15 is 0 Å². The van der Waals surface area contributed by atoms with E-state index < -0.39 is 5.56 Å². The molecule has 0 radical (unpaired) electrons. The fourth-order valence-electron chi connectivity index (χ4n) is 2.99. The van der Waals surface area contributed by atoms with Crippen LogP contribution in [-0.2, 0) is 6.42 Å². The predicted octanol–water partition coefficient (Wildman–Crippen LogP) is 2.97. The Kier molecular flexibility index (Phi) is 6.18. The standard InChI is InChI=1S/C23H20FN3O3S/c1-2-3-12-30-18-10-6-16(7-11-18)14-20-22(29)27-23(31-20)25-21(28)19(26-27)13-15-4-8-17(24)9-5-15/h4-11,14H,2-3,12-13H2,1H3. The van der Waals surface area contributed by atoms with Crippen LogP contribution in [0.2, 0.25) is 0 Å². The highest BCUT2D eigenvalue weighted by Crippen LogP contribution is 2.13. The van der Waals surface area contributed by atoms with Gasteiger partial charge in [-0.15, -0.1) is 0 Å². The first-order chi connectivity index (χ1) is 15.0. The Labute approximate surface area is 181 Å². The normalized spacial score (nSPS) is 11.9. The third kappa shape index (κ3) is 4.86. The van der Waals surface area contributed by atoms with Gasteiger partial charge in [-0.05, 0) is 47.9 Å². The monoisotopic (exact) mass is 437 g/mol. The zero-order chi connectivity index (χ0) is 21.8. The van der Waals surface area contributed by atoms with Crippen LogP contribution in [0.15, 0.2) is 58.1 Å². The van der Waals surface area contributed by atoms with Crippen LogP contribution in [-0.4, -0.2) is 21.2 Å². The number of rotatable bonds is 7. The van der Waals surface area contributed by atoms with Crippen molar-refractivity contribution in [1.82, 2.24) is 14.6 Å². The van der Waals surface area contributed by atoms with Gasteiger partial charge in [0, 0.05) is 6.42 Å². The molecule has 0 amide bonds. The van der Waals surface area contributed by atoms with Gasteiger partial charge in [0.15, 0.2) is 0 Å². The van der Waals surface area contributed by atoms with Crippen LogP contribution in [0.5, 0.6) is 5.75 Å². The van der Waals surface area contributed by atoms with Gasteiger partial charge in [-0.3, -0.25) is 9.59 Å². The Balaban J connectivity index is 1.63. The summed E-state index contributed by atoms with van der Waals surface area (Å²) < 4.78 is 20.3. The van der Waals surface area contributed by atoms with E-state index in [9.17, 15) is 14.0 Å². The van der Waals surface area contributed by atoms with E-state index in [4.69, 9.17) is 4.74 Å². The highest BCUT2D eigenvalue weighted by Gasteiger charge is 2.12. The highest BCUT2D eigenvalue weighted by atomic mass is 32.1. The summed E-state index contributed by atoms with van der Waals surface area (Å²) in [6.07, 6.45) is 3.98. The molecule has 2 heterocycles. The molecule has 8 heteroatoms. The number of thiazole rings is 1. The minimum Gasteiger partial charge on any atom is -0.494 e. The first-order valence-corrected chi connectivity index (χ1v) is 10.8. The molecule has 0 aliphatic carbocycles. The maximum absolute atomic E-state index is 13.1. The summed E-state index contributed by atoms with van der Waals surface area (Å²) in [4.78, 5) is 29.4. The molecule has 0 aliphatic heterocycles. The summed E-state index contributed by atoms with van der Waals surface area (Å²) in [5.41, 5.74) is 0.852. The van der Waals surface area contributed by atoms with Crippen molar-refractivity contribution in [3.8, 4) is 5.75 Å². The van der Waals surface area contributed by atoms with Gasteiger partial charge in [0.25, 0.3) is 11.1 Å². The van der Waals surface area contributed by atoms with E-state index in [2.05, 4.69) is 17.0 Å². The average Bonchev–Trinajstić information content (AvgIpc) is 3.06. The van der Waals surface area contributed by atoms with Crippen LogP contribution in [0.25, 0.3) is 11.0 Å². The largest absolute Gasteiger partial charge is 0.494 e. The summed E-state index contributed by atoms with van der Waals surface area (Å²) in [5.74, 6) is 0.422. The molecule has 0 saturated carbocycles. The smallest absolute Gasteiger partial charge is 0.296 e. The number of hydrogen-bond donors (Lipinski definition) is 0. The second kappa shape index (κ2) is 9.18. The average molecular weight is 437 g/mol. The summed E-state index contributed by atoms with van der Waals surface area (Å²) >= 11 is 1.11.